The van der Waals surface area contributed by atoms with E-state index in [1.807, 2.05) is 0 Å². The Morgan fingerprint density at radius 1 is 1.15 bits per heavy atom. The summed E-state index contributed by atoms with van der Waals surface area (Å²) in [4.78, 5) is 19.5. The highest BCUT2D eigenvalue weighted by Gasteiger charge is 2.21. The van der Waals surface area contributed by atoms with Crippen LogP contribution in [-0.4, -0.2) is 26.9 Å². The summed E-state index contributed by atoms with van der Waals surface area (Å²) < 4.78 is 28.7. The molecule has 1 N–H and O–H groups in total. The lowest BCUT2D eigenvalue weighted by Crippen LogP contribution is -2.16. The molecule has 0 saturated carbocycles. The van der Waals surface area contributed by atoms with Crippen molar-refractivity contribution >= 4 is 32.1 Å². The second-order valence-corrected chi connectivity index (χ2v) is 7.94. The molecule has 0 atom stereocenters. The predicted molar refractivity (Wildman–Crippen MR) is 99.8 cm³/mol. The quantitative estimate of drug-likeness (QED) is 0.585. The molecule has 0 aliphatic heterocycles. The summed E-state index contributed by atoms with van der Waals surface area (Å²) in [7, 11) is -3.76. The van der Waals surface area contributed by atoms with Crippen LogP contribution in [0.25, 0.3) is 22.1 Å². The first-order valence-corrected chi connectivity index (χ1v) is 9.87. The number of benzene rings is 1. The molecule has 0 aliphatic rings. The van der Waals surface area contributed by atoms with Crippen LogP contribution in [0, 0.1) is 0 Å². The Hall–Kier alpha value is -2.87. The van der Waals surface area contributed by atoms with Crippen LogP contribution in [0.15, 0.2) is 58.5 Å². The molecule has 0 fully saturated rings. The van der Waals surface area contributed by atoms with E-state index in [0.717, 1.165) is 12.8 Å². The van der Waals surface area contributed by atoms with Gasteiger partial charge in [0.05, 0.1) is 22.1 Å². The highest BCUT2D eigenvalue weighted by molar-refractivity contribution is 7.90. The molecule has 134 valence electrons. The minimum atomic E-state index is -3.76. The molecule has 0 unspecified atom stereocenters. The van der Waals surface area contributed by atoms with Gasteiger partial charge < -0.3 is 4.98 Å². The zero-order chi connectivity index (χ0) is 18.3. The van der Waals surface area contributed by atoms with Gasteiger partial charge in [0.15, 0.2) is 5.65 Å². The standard InChI is InChI=1S/C18H18N4O3S/c1-2-3-10-21-16-14-9-11-22(17(14)19-12-15(16)20-18(21)23)26(24,25)13-7-5-4-6-8-13/h4-9,11-12H,2-3,10H2,1H3,(H,20,23). The monoisotopic (exact) mass is 370 g/mol. The van der Waals surface area contributed by atoms with Crippen LogP contribution in [0.3, 0.4) is 0 Å². The Labute approximate surface area is 150 Å². The molecule has 3 aromatic heterocycles. The van der Waals surface area contributed by atoms with Crippen molar-refractivity contribution in [3.8, 4) is 0 Å². The van der Waals surface area contributed by atoms with Crippen molar-refractivity contribution in [2.75, 3.05) is 0 Å². The van der Waals surface area contributed by atoms with Crippen LogP contribution in [-0.2, 0) is 16.6 Å². The highest BCUT2D eigenvalue weighted by atomic mass is 32.2. The van der Waals surface area contributed by atoms with Gasteiger partial charge in [0.2, 0.25) is 0 Å². The Balaban J connectivity index is 1.98. The summed E-state index contributed by atoms with van der Waals surface area (Å²) in [6.45, 7) is 2.63. The second kappa shape index (κ2) is 6.14. The van der Waals surface area contributed by atoms with Crippen molar-refractivity contribution in [3.05, 3.63) is 59.3 Å². The normalized spacial score (nSPS) is 12.2. The number of nitrogens with one attached hydrogen (secondary N) is 1. The van der Waals surface area contributed by atoms with Crippen LogP contribution in [0.4, 0.5) is 0 Å². The van der Waals surface area contributed by atoms with Crippen molar-refractivity contribution in [3.63, 3.8) is 0 Å². The van der Waals surface area contributed by atoms with Crippen molar-refractivity contribution in [1.82, 2.24) is 18.5 Å². The van der Waals surface area contributed by atoms with Crippen LogP contribution in [0.1, 0.15) is 19.8 Å². The molecule has 0 bridgehead atoms. The number of aromatic nitrogens is 4. The number of H-pyrrole nitrogens is 1. The van der Waals surface area contributed by atoms with Crippen molar-refractivity contribution in [2.45, 2.75) is 31.2 Å². The average Bonchev–Trinajstić information content (AvgIpc) is 3.21. The van der Waals surface area contributed by atoms with Gasteiger partial charge in [-0.3, -0.25) is 4.57 Å². The molecule has 0 saturated heterocycles. The van der Waals surface area contributed by atoms with Gasteiger partial charge in [-0.15, -0.1) is 0 Å². The first-order chi connectivity index (χ1) is 12.5. The van der Waals surface area contributed by atoms with E-state index in [1.54, 1.807) is 41.0 Å². The molecular formula is C18H18N4O3S. The van der Waals surface area contributed by atoms with E-state index in [0.29, 0.717) is 28.6 Å². The number of fused-ring (bicyclic) bond motifs is 3. The summed E-state index contributed by atoms with van der Waals surface area (Å²) in [6.07, 6.45) is 4.82. The average molecular weight is 370 g/mol. The third kappa shape index (κ3) is 2.45. The lowest BCUT2D eigenvalue weighted by atomic mass is 10.3. The molecule has 26 heavy (non-hydrogen) atoms. The van der Waals surface area contributed by atoms with E-state index >= 15 is 0 Å². The van der Waals surface area contributed by atoms with Crippen molar-refractivity contribution in [1.29, 1.82) is 0 Å². The largest absolute Gasteiger partial charge is 0.326 e. The number of hydrogen-bond donors (Lipinski definition) is 1. The lowest BCUT2D eigenvalue weighted by molar-refractivity contribution is 0.589. The summed E-state index contributed by atoms with van der Waals surface area (Å²) >= 11 is 0. The number of aromatic amines is 1. The number of hydrogen-bond acceptors (Lipinski definition) is 4. The number of rotatable bonds is 5. The van der Waals surface area contributed by atoms with E-state index in [-0.39, 0.29) is 10.6 Å². The maximum Gasteiger partial charge on any atom is 0.326 e. The molecule has 0 aliphatic carbocycles. The first-order valence-electron chi connectivity index (χ1n) is 8.43. The van der Waals surface area contributed by atoms with Gasteiger partial charge in [0, 0.05) is 18.1 Å². The number of nitrogens with zero attached hydrogens (tertiary/aromatic N) is 3. The molecule has 1 aromatic carbocycles. The molecule has 4 aromatic rings. The van der Waals surface area contributed by atoms with Crippen LogP contribution >= 0.6 is 0 Å². The van der Waals surface area contributed by atoms with Gasteiger partial charge >= 0.3 is 5.69 Å². The smallest absolute Gasteiger partial charge is 0.304 e. The van der Waals surface area contributed by atoms with E-state index in [4.69, 9.17) is 0 Å². The third-order valence-corrected chi connectivity index (χ3v) is 6.12. The van der Waals surface area contributed by atoms with Gasteiger partial charge in [-0.2, -0.15) is 0 Å². The molecule has 7 nitrogen and oxygen atoms in total. The number of pyridine rings is 1. The molecule has 3 heterocycles. The van der Waals surface area contributed by atoms with E-state index in [2.05, 4.69) is 16.9 Å². The Morgan fingerprint density at radius 3 is 2.65 bits per heavy atom. The number of aryl methyl sites for hydroxylation is 1. The van der Waals surface area contributed by atoms with Crippen molar-refractivity contribution in [2.24, 2.45) is 0 Å². The maximum atomic E-state index is 13.0. The topological polar surface area (TPSA) is 89.8 Å². The van der Waals surface area contributed by atoms with Crippen LogP contribution in [0.2, 0.25) is 0 Å². The number of imidazole rings is 1. The molecular weight excluding hydrogens is 352 g/mol. The maximum absolute atomic E-state index is 13.0. The van der Waals surface area contributed by atoms with E-state index < -0.39 is 10.0 Å². The second-order valence-electron chi connectivity index (χ2n) is 6.12. The Kier molecular flexibility index (Phi) is 3.91. The number of unbranched alkanes of at least 4 members (excludes halogenated alkanes) is 1. The first kappa shape index (κ1) is 16.6. The Bertz CT molecular complexity index is 1250. The molecule has 4 rings (SSSR count). The van der Waals surface area contributed by atoms with E-state index in [1.165, 1.54) is 16.4 Å². The van der Waals surface area contributed by atoms with Crippen LogP contribution in [0.5, 0.6) is 0 Å². The van der Waals surface area contributed by atoms with Gasteiger partial charge in [-0.25, -0.2) is 22.2 Å². The van der Waals surface area contributed by atoms with Gasteiger partial charge in [0.25, 0.3) is 10.0 Å². The zero-order valence-corrected chi connectivity index (χ0v) is 15.0. The summed E-state index contributed by atoms with van der Waals surface area (Å²) in [5, 5.41) is 0.636. The van der Waals surface area contributed by atoms with Crippen molar-refractivity contribution < 1.29 is 8.42 Å². The Morgan fingerprint density at radius 2 is 1.92 bits per heavy atom. The van der Waals surface area contributed by atoms with Crippen LogP contribution < -0.4 is 5.69 Å². The fraction of sp³-hybridized carbons (Fsp3) is 0.222. The molecule has 0 spiro atoms. The summed E-state index contributed by atoms with van der Waals surface area (Å²) in [5.74, 6) is 0. The van der Waals surface area contributed by atoms with Gasteiger partial charge in [-0.1, -0.05) is 31.5 Å². The molecule has 0 amide bonds. The fourth-order valence-corrected chi connectivity index (χ4v) is 4.47. The molecule has 0 radical (unpaired) electrons. The minimum absolute atomic E-state index is 0.192. The predicted octanol–water partition coefficient (Wildman–Crippen LogP) is 2.72. The van der Waals surface area contributed by atoms with Gasteiger partial charge in [0.1, 0.15) is 0 Å². The fourth-order valence-electron chi connectivity index (χ4n) is 3.15. The van der Waals surface area contributed by atoms with Gasteiger partial charge in [-0.05, 0) is 24.6 Å². The summed E-state index contributed by atoms with van der Waals surface area (Å²) in [6, 6.07) is 9.92. The third-order valence-electron chi connectivity index (χ3n) is 4.44. The minimum Gasteiger partial charge on any atom is -0.304 e. The lowest BCUT2D eigenvalue weighted by Gasteiger charge is -2.07. The zero-order valence-electron chi connectivity index (χ0n) is 14.2. The van der Waals surface area contributed by atoms with E-state index in [9.17, 15) is 13.2 Å². The highest BCUT2D eigenvalue weighted by Crippen LogP contribution is 2.26. The summed E-state index contributed by atoms with van der Waals surface area (Å²) in [5.41, 5.74) is 1.40. The SMILES string of the molecule is CCCCn1c(=O)[nH]c2cnc3c(ccn3S(=O)(=O)c3ccccc3)c21. The molecule has 8 heteroatoms.